The smallest absolute Gasteiger partial charge is 0.264 e. The number of hydrogen-bond donors (Lipinski definition) is 1. The summed E-state index contributed by atoms with van der Waals surface area (Å²) in [5.41, 5.74) is 0.636. The fourth-order valence-corrected chi connectivity index (χ4v) is 5.66. The van der Waals surface area contributed by atoms with E-state index in [-0.39, 0.29) is 17.3 Å². The Labute approximate surface area is 241 Å². The van der Waals surface area contributed by atoms with Crippen LogP contribution in [0.1, 0.15) is 33.3 Å². The highest BCUT2D eigenvalue weighted by Gasteiger charge is 2.33. The van der Waals surface area contributed by atoms with Crippen LogP contribution in [-0.4, -0.2) is 43.3 Å². The van der Waals surface area contributed by atoms with Crippen LogP contribution < -0.4 is 9.62 Å². The molecule has 202 valence electrons. The summed E-state index contributed by atoms with van der Waals surface area (Å²) in [4.78, 5) is 28.5. The Hall–Kier alpha value is -2.69. The topological polar surface area (TPSA) is 86.8 Å². The SMILES string of the molecule is C[C@H](C(=O)NC(C)(C)C)N(Cc1ccc(Br)cc1)C(=O)CN(c1ccc(Br)cc1)S(=O)(=O)c1ccccc1. The molecule has 1 N–H and O–H groups in total. The summed E-state index contributed by atoms with van der Waals surface area (Å²) in [6.45, 7) is 6.88. The van der Waals surface area contributed by atoms with Gasteiger partial charge in [-0.15, -0.1) is 0 Å². The van der Waals surface area contributed by atoms with Crippen LogP contribution in [0, 0.1) is 0 Å². The number of hydrogen-bond acceptors (Lipinski definition) is 4. The molecule has 2 amide bonds. The lowest BCUT2D eigenvalue weighted by Gasteiger charge is -2.33. The predicted molar refractivity (Wildman–Crippen MR) is 157 cm³/mol. The molecule has 7 nitrogen and oxygen atoms in total. The van der Waals surface area contributed by atoms with Crippen molar-refractivity contribution in [3.05, 3.63) is 93.4 Å². The second kappa shape index (κ2) is 12.4. The van der Waals surface area contributed by atoms with Gasteiger partial charge in [-0.05, 0) is 81.8 Å². The summed E-state index contributed by atoms with van der Waals surface area (Å²) in [5, 5.41) is 2.92. The van der Waals surface area contributed by atoms with Crippen molar-refractivity contribution in [1.82, 2.24) is 10.2 Å². The minimum absolute atomic E-state index is 0.0636. The molecule has 1 atom stereocenters. The molecular weight excluding hydrogens is 634 g/mol. The number of rotatable bonds is 9. The summed E-state index contributed by atoms with van der Waals surface area (Å²) in [6.07, 6.45) is 0. The van der Waals surface area contributed by atoms with E-state index in [1.54, 1.807) is 49.4 Å². The quantitative estimate of drug-likeness (QED) is 0.316. The summed E-state index contributed by atoms with van der Waals surface area (Å²) >= 11 is 6.79. The summed E-state index contributed by atoms with van der Waals surface area (Å²) in [5.74, 6) is -0.837. The molecule has 3 aromatic carbocycles. The van der Waals surface area contributed by atoms with Gasteiger partial charge >= 0.3 is 0 Å². The first-order valence-electron chi connectivity index (χ1n) is 12.0. The maximum atomic E-state index is 13.9. The molecule has 10 heteroatoms. The van der Waals surface area contributed by atoms with Gasteiger partial charge in [0.15, 0.2) is 0 Å². The average molecular weight is 665 g/mol. The van der Waals surface area contributed by atoms with Gasteiger partial charge in [-0.1, -0.05) is 62.2 Å². The Bertz CT molecular complexity index is 1360. The number of nitrogens with one attached hydrogen (secondary N) is 1. The number of nitrogens with zero attached hydrogens (tertiary/aromatic N) is 2. The van der Waals surface area contributed by atoms with Crippen LogP contribution in [0.25, 0.3) is 0 Å². The standard InChI is InChI=1S/C28H31Br2N3O4S/c1-20(27(35)31-28(2,3)4)32(18-21-10-12-22(29)13-11-21)26(34)19-33(24-16-14-23(30)15-17-24)38(36,37)25-8-6-5-7-9-25/h5-17,20H,18-19H2,1-4H3,(H,31,35)/t20-/m1/s1. The van der Waals surface area contributed by atoms with E-state index >= 15 is 0 Å². The highest BCUT2D eigenvalue weighted by Crippen LogP contribution is 2.26. The van der Waals surface area contributed by atoms with Gasteiger partial charge in [0, 0.05) is 21.0 Å². The molecule has 3 aromatic rings. The van der Waals surface area contributed by atoms with E-state index in [0.29, 0.717) is 5.69 Å². The number of benzene rings is 3. The van der Waals surface area contributed by atoms with Gasteiger partial charge in [-0.2, -0.15) is 0 Å². The Morgan fingerprint density at radius 1 is 0.868 bits per heavy atom. The molecule has 0 aliphatic carbocycles. The van der Waals surface area contributed by atoms with Gasteiger partial charge in [0.25, 0.3) is 10.0 Å². The van der Waals surface area contributed by atoms with Crippen LogP contribution in [0.3, 0.4) is 0 Å². The van der Waals surface area contributed by atoms with Crippen LogP contribution in [-0.2, 0) is 26.2 Å². The van der Waals surface area contributed by atoms with Gasteiger partial charge in [-0.25, -0.2) is 8.42 Å². The number of carbonyl (C=O) groups excluding carboxylic acids is 2. The zero-order chi connectivity index (χ0) is 28.1. The molecule has 0 aliphatic heterocycles. The molecule has 0 aromatic heterocycles. The third-order valence-electron chi connectivity index (χ3n) is 5.66. The van der Waals surface area contributed by atoms with Crippen molar-refractivity contribution >= 4 is 59.4 Å². The third-order valence-corrected chi connectivity index (χ3v) is 8.50. The van der Waals surface area contributed by atoms with Gasteiger partial charge in [0.1, 0.15) is 12.6 Å². The second-order valence-corrected chi connectivity index (χ2v) is 13.6. The van der Waals surface area contributed by atoms with E-state index in [9.17, 15) is 18.0 Å². The Kier molecular flexibility index (Phi) is 9.78. The monoisotopic (exact) mass is 663 g/mol. The highest BCUT2D eigenvalue weighted by atomic mass is 79.9. The Balaban J connectivity index is 2.01. The van der Waals surface area contributed by atoms with Crippen LogP contribution in [0.15, 0.2) is 92.7 Å². The number of anilines is 1. The molecule has 0 unspecified atom stereocenters. The Morgan fingerprint density at radius 2 is 1.39 bits per heavy atom. The van der Waals surface area contributed by atoms with E-state index in [4.69, 9.17) is 0 Å². The average Bonchev–Trinajstić information content (AvgIpc) is 2.86. The second-order valence-electron chi connectivity index (χ2n) is 9.86. The van der Waals surface area contributed by atoms with Crippen molar-refractivity contribution in [3.8, 4) is 0 Å². The normalized spacial score (nSPS) is 12.5. The first kappa shape index (κ1) is 29.9. The summed E-state index contributed by atoms with van der Waals surface area (Å²) < 4.78 is 30.2. The number of sulfonamides is 1. The van der Waals surface area contributed by atoms with Gasteiger partial charge in [0.2, 0.25) is 11.8 Å². The minimum Gasteiger partial charge on any atom is -0.350 e. The highest BCUT2D eigenvalue weighted by molar-refractivity contribution is 9.10. The number of amides is 2. The molecule has 0 heterocycles. The summed E-state index contributed by atoms with van der Waals surface area (Å²) in [7, 11) is -4.09. The van der Waals surface area contributed by atoms with Gasteiger partial charge < -0.3 is 10.2 Å². The van der Waals surface area contributed by atoms with Crippen molar-refractivity contribution in [1.29, 1.82) is 0 Å². The first-order chi connectivity index (χ1) is 17.8. The number of halogens is 2. The minimum atomic E-state index is -4.09. The lowest BCUT2D eigenvalue weighted by molar-refractivity contribution is -0.140. The van der Waals surface area contributed by atoms with E-state index in [0.717, 1.165) is 18.8 Å². The van der Waals surface area contributed by atoms with Crippen molar-refractivity contribution in [2.45, 2.75) is 50.7 Å². The zero-order valence-corrected chi connectivity index (χ0v) is 25.7. The summed E-state index contributed by atoms with van der Waals surface area (Å²) in [6, 6.07) is 21.2. The van der Waals surface area contributed by atoms with Crippen LogP contribution >= 0.6 is 31.9 Å². The molecule has 38 heavy (non-hydrogen) atoms. The molecule has 0 saturated carbocycles. The zero-order valence-electron chi connectivity index (χ0n) is 21.7. The molecule has 0 spiro atoms. The van der Waals surface area contributed by atoms with Crippen LogP contribution in [0.5, 0.6) is 0 Å². The molecule has 0 aliphatic rings. The lowest BCUT2D eigenvalue weighted by Crippen LogP contribution is -2.54. The first-order valence-corrected chi connectivity index (χ1v) is 15.0. The lowest BCUT2D eigenvalue weighted by atomic mass is 10.1. The molecule has 0 radical (unpaired) electrons. The molecule has 3 rings (SSSR count). The van der Waals surface area contributed by atoms with Crippen LogP contribution in [0.2, 0.25) is 0 Å². The van der Waals surface area contributed by atoms with E-state index in [1.165, 1.54) is 17.0 Å². The van der Waals surface area contributed by atoms with Crippen molar-refractivity contribution in [3.63, 3.8) is 0 Å². The molecule has 0 saturated heterocycles. The third kappa shape index (κ3) is 7.91. The maximum Gasteiger partial charge on any atom is 0.264 e. The van der Waals surface area contributed by atoms with Gasteiger partial charge in [0.05, 0.1) is 10.6 Å². The van der Waals surface area contributed by atoms with Crippen molar-refractivity contribution < 1.29 is 18.0 Å². The predicted octanol–water partition coefficient (Wildman–Crippen LogP) is 5.74. The fraction of sp³-hybridized carbons (Fsp3) is 0.286. The molecule has 0 bridgehead atoms. The van der Waals surface area contributed by atoms with Crippen molar-refractivity contribution in [2.75, 3.05) is 10.8 Å². The maximum absolute atomic E-state index is 13.9. The van der Waals surface area contributed by atoms with Crippen LogP contribution in [0.4, 0.5) is 5.69 Å². The van der Waals surface area contributed by atoms with Crippen molar-refractivity contribution in [2.24, 2.45) is 0 Å². The molecule has 0 fully saturated rings. The largest absolute Gasteiger partial charge is 0.350 e. The van der Waals surface area contributed by atoms with E-state index < -0.39 is 34.1 Å². The molecular formula is C28H31Br2N3O4S. The van der Waals surface area contributed by atoms with E-state index in [1.807, 2.05) is 45.0 Å². The fourth-order valence-electron chi connectivity index (χ4n) is 3.70. The van der Waals surface area contributed by atoms with E-state index in [2.05, 4.69) is 37.2 Å². The number of carbonyl (C=O) groups is 2. The van der Waals surface area contributed by atoms with Gasteiger partial charge in [-0.3, -0.25) is 13.9 Å². The Morgan fingerprint density at radius 3 is 1.92 bits per heavy atom.